The lowest BCUT2D eigenvalue weighted by Crippen LogP contribution is -2.17. The van der Waals surface area contributed by atoms with E-state index in [0.717, 1.165) is 31.0 Å². The summed E-state index contributed by atoms with van der Waals surface area (Å²) >= 11 is 5.82. The van der Waals surface area contributed by atoms with Crippen LogP contribution < -0.4 is 5.09 Å². The molecule has 0 aromatic carbocycles. The molecule has 0 aromatic heterocycles. The summed E-state index contributed by atoms with van der Waals surface area (Å²) < 4.78 is 11.9. The third kappa shape index (κ3) is 8.04. The minimum atomic E-state index is -2.57. The number of hydrogen-bond acceptors (Lipinski definition) is 4. The molecule has 0 saturated carbocycles. The average Bonchev–Trinajstić information content (AvgIpc) is 2.28. The lowest BCUT2D eigenvalue weighted by atomic mass is 10.1. The van der Waals surface area contributed by atoms with Crippen LogP contribution in [0.1, 0.15) is 32.1 Å². The Labute approximate surface area is 114 Å². The van der Waals surface area contributed by atoms with E-state index in [9.17, 15) is 9.36 Å². The molecule has 0 aromatic rings. The van der Waals surface area contributed by atoms with Crippen molar-refractivity contribution in [3.63, 3.8) is 0 Å². The van der Waals surface area contributed by atoms with Crippen LogP contribution in [0.3, 0.4) is 0 Å². The highest BCUT2D eigenvalue weighted by molar-refractivity contribution is 9.09. The van der Waals surface area contributed by atoms with Gasteiger partial charge < -0.3 is 0 Å². The van der Waals surface area contributed by atoms with Gasteiger partial charge in [0.2, 0.25) is 5.91 Å². The Kier molecular flexibility index (Phi) is 10.4. The van der Waals surface area contributed by atoms with Gasteiger partial charge in [-0.1, -0.05) is 51.5 Å². The lowest BCUT2D eigenvalue weighted by molar-refractivity contribution is -0.119. The van der Waals surface area contributed by atoms with Crippen molar-refractivity contribution in [1.82, 2.24) is 5.09 Å². The van der Waals surface area contributed by atoms with E-state index in [4.69, 9.17) is 0 Å². The second-order valence-corrected chi connectivity index (χ2v) is 12.0. The van der Waals surface area contributed by atoms with Gasteiger partial charge in [-0.15, -0.1) is 0 Å². The van der Waals surface area contributed by atoms with Gasteiger partial charge in [-0.2, -0.15) is 0 Å². The first-order valence-corrected chi connectivity index (χ1v) is 11.7. The molecular weight excluding hydrogens is 329 g/mol. The Bertz CT molecular complexity index is 246. The Morgan fingerprint density at radius 1 is 1.19 bits per heavy atom. The molecular formula is C9H19BrNO2PS2. The number of amides is 1. The second kappa shape index (κ2) is 9.86. The summed E-state index contributed by atoms with van der Waals surface area (Å²) in [6, 6.07) is 0. The standard InChI is InChI=1S/C9H19BrNO2PS2/c1-15-14(13,16-2)11-9(12)7-5-3-4-6-8-10/h3-8H2,1-2H3,(H,11,12,13). The number of hydrogen-bond donors (Lipinski definition) is 1. The zero-order valence-corrected chi connectivity index (χ0v) is 13.8. The molecule has 0 aliphatic rings. The summed E-state index contributed by atoms with van der Waals surface area (Å²) in [7, 11) is 0. The zero-order valence-electron chi connectivity index (χ0n) is 9.70. The number of unbranched alkanes of at least 4 members (excludes halogenated alkanes) is 3. The summed E-state index contributed by atoms with van der Waals surface area (Å²) in [6.07, 6.45) is 8.22. The fraction of sp³-hybridized carbons (Fsp3) is 0.889. The molecule has 7 heteroatoms. The number of halogens is 1. The number of carbonyl (C=O) groups excluding carboxylic acids is 1. The van der Waals surface area contributed by atoms with Gasteiger partial charge in [0.25, 0.3) is 5.70 Å². The van der Waals surface area contributed by atoms with E-state index < -0.39 is 5.70 Å². The van der Waals surface area contributed by atoms with Gasteiger partial charge in [0.1, 0.15) is 0 Å². The minimum absolute atomic E-state index is 0.0918. The highest BCUT2D eigenvalue weighted by Crippen LogP contribution is 2.63. The van der Waals surface area contributed by atoms with Crippen LogP contribution in [-0.4, -0.2) is 23.7 Å². The van der Waals surface area contributed by atoms with Gasteiger partial charge in [-0.05, 0) is 25.4 Å². The van der Waals surface area contributed by atoms with Gasteiger partial charge in [-0.3, -0.25) is 14.4 Å². The maximum Gasteiger partial charge on any atom is 0.279 e. The van der Waals surface area contributed by atoms with E-state index >= 15 is 0 Å². The molecule has 0 aliphatic heterocycles. The van der Waals surface area contributed by atoms with Crippen molar-refractivity contribution in [3.8, 4) is 0 Å². The quantitative estimate of drug-likeness (QED) is 0.384. The van der Waals surface area contributed by atoms with Crippen LogP contribution in [0.5, 0.6) is 0 Å². The topological polar surface area (TPSA) is 46.2 Å². The van der Waals surface area contributed by atoms with Crippen molar-refractivity contribution in [2.45, 2.75) is 32.1 Å². The molecule has 0 aliphatic carbocycles. The predicted octanol–water partition coefficient (Wildman–Crippen LogP) is 4.28. The zero-order chi connectivity index (χ0) is 12.4. The molecule has 0 heterocycles. The van der Waals surface area contributed by atoms with Gasteiger partial charge >= 0.3 is 0 Å². The van der Waals surface area contributed by atoms with E-state index in [0.29, 0.717) is 6.42 Å². The SMILES string of the molecule is CSP(=O)(NC(=O)CCCCCCBr)SC. The number of alkyl halides is 1. The molecule has 96 valence electrons. The van der Waals surface area contributed by atoms with Gasteiger partial charge in [0, 0.05) is 11.8 Å². The van der Waals surface area contributed by atoms with Crippen LogP contribution in [0, 0.1) is 0 Å². The third-order valence-electron chi connectivity index (χ3n) is 2.03. The first-order valence-electron chi connectivity index (χ1n) is 5.16. The molecule has 0 saturated heterocycles. The normalized spacial score (nSPS) is 11.4. The van der Waals surface area contributed by atoms with E-state index in [1.165, 1.54) is 22.8 Å². The fourth-order valence-corrected chi connectivity index (χ4v) is 5.20. The van der Waals surface area contributed by atoms with Crippen LogP contribution in [0.4, 0.5) is 0 Å². The smallest absolute Gasteiger partial charge is 0.279 e. The summed E-state index contributed by atoms with van der Waals surface area (Å²) in [5, 5.41) is 3.64. The van der Waals surface area contributed by atoms with Crippen LogP contribution in [0.25, 0.3) is 0 Å². The Balaban J connectivity index is 3.70. The largest absolute Gasteiger partial charge is 0.291 e. The van der Waals surface area contributed by atoms with Crippen molar-refractivity contribution < 1.29 is 9.36 Å². The van der Waals surface area contributed by atoms with Crippen LogP contribution in [-0.2, 0) is 9.36 Å². The molecule has 0 rings (SSSR count). The van der Waals surface area contributed by atoms with E-state index in [1.807, 2.05) is 0 Å². The molecule has 3 nitrogen and oxygen atoms in total. The van der Waals surface area contributed by atoms with Gasteiger partial charge in [-0.25, -0.2) is 0 Å². The van der Waals surface area contributed by atoms with Crippen molar-refractivity contribution >= 4 is 50.3 Å². The maximum absolute atomic E-state index is 11.9. The van der Waals surface area contributed by atoms with Crippen LogP contribution in [0.15, 0.2) is 0 Å². The summed E-state index contributed by atoms with van der Waals surface area (Å²) in [6.45, 7) is 0. The number of nitrogens with one attached hydrogen (secondary N) is 1. The molecule has 16 heavy (non-hydrogen) atoms. The molecule has 0 bridgehead atoms. The minimum Gasteiger partial charge on any atom is -0.291 e. The summed E-state index contributed by atoms with van der Waals surface area (Å²) in [5.74, 6) is -0.0918. The van der Waals surface area contributed by atoms with E-state index in [1.54, 1.807) is 12.5 Å². The third-order valence-corrected chi connectivity index (χ3v) is 10.2. The molecule has 0 fully saturated rings. The summed E-state index contributed by atoms with van der Waals surface area (Å²) in [4.78, 5) is 11.5. The van der Waals surface area contributed by atoms with E-state index in [-0.39, 0.29) is 5.91 Å². The van der Waals surface area contributed by atoms with Gasteiger partial charge in [0.05, 0.1) is 0 Å². The molecule has 1 N–H and O–H groups in total. The monoisotopic (exact) mass is 347 g/mol. The highest BCUT2D eigenvalue weighted by Gasteiger charge is 2.21. The first-order chi connectivity index (χ1) is 7.58. The van der Waals surface area contributed by atoms with Crippen LogP contribution in [0.2, 0.25) is 0 Å². The Morgan fingerprint density at radius 3 is 2.25 bits per heavy atom. The molecule has 0 unspecified atom stereocenters. The lowest BCUT2D eigenvalue weighted by Gasteiger charge is -2.13. The summed E-state index contributed by atoms with van der Waals surface area (Å²) in [5.41, 5.74) is -2.57. The maximum atomic E-state index is 11.9. The second-order valence-electron chi connectivity index (χ2n) is 3.25. The molecule has 1 amide bonds. The van der Waals surface area contributed by atoms with Crippen molar-refractivity contribution in [1.29, 1.82) is 0 Å². The number of carbonyl (C=O) groups is 1. The van der Waals surface area contributed by atoms with Crippen LogP contribution >= 0.6 is 44.4 Å². The first kappa shape index (κ1) is 16.9. The average molecular weight is 348 g/mol. The van der Waals surface area contributed by atoms with Crippen molar-refractivity contribution in [2.24, 2.45) is 0 Å². The molecule has 0 radical (unpaired) electrons. The fourth-order valence-electron chi connectivity index (χ4n) is 1.11. The molecule has 0 spiro atoms. The van der Waals surface area contributed by atoms with Crippen molar-refractivity contribution in [3.05, 3.63) is 0 Å². The van der Waals surface area contributed by atoms with Gasteiger partial charge in [0.15, 0.2) is 0 Å². The predicted molar refractivity (Wildman–Crippen MR) is 79.7 cm³/mol. The Morgan fingerprint density at radius 2 is 1.75 bits per heavy atom. The molecule has 0 atom stereocenters. The highest BCUT2D eigenvalue weighted by atomic mass is 79.9. The van der Waals surface area contributed by atoms with E-state index in [2.05, 4.69) is 21.0 Å². The van der Waals surface area contributed by atoms with Crippen molar-refractivity contribution in [2.75, 3.05) is 17.8 Å². The number of rotatable bonds is 9. The Hall–Kier alpha value is 0.880.